The molecule has 0 fully saturated rings. The molecule has 2 aromatic carbocycles. The van der Waals surface area contributed by atoms with E-state index in [2.05, 4.69) is 0 Å². The lowest BCUT2D eigenvalue weighted by Crippen LogP contribution is -2.26. The van der Waals surface area contributed by atoms with E-state index < -0.39 is 15.1 Å². The van der Waals surface area contributed by atoms with Crippen LogP contribution in [0.1, 0.15) is 17.3 Å². The second-order valence-electron chi connectivity index (χ2n) is 4.40. The molecule has 94 valence electrons. The van der Waals surface area contributed by atoms with Gasteiger partial charge in [0.1, 0.15) is 5.25 Å². The largest absolute Gasteiger partial charge is 0.293 e. The highest BCUT2D eigenvalue weighted by atomic mass is 32.2. The Balaban J connectivity index is 2.46. The van der Waals surface area contributed by atoms with Crippen molar-refractivity contribution in [3.8, 4) is 0 Å². The Morgan fingerprint density at radius 1 is 1.06 bits per heavy atom. The highest BCUT2D eigenvalue weighted by Crippen LogP contribution is 2.18. The van der Waals surface area contributed by atoms with Crippen LogP contribution < -0.4 is 0 Å². The Bertz CT molecular complexity index is 702. The van der Waals surface area contributed by atoms with Crippen molar-refractivity contribution < 1.29 is 13.2 Å². The summed E-state index contributed by atoms with van der Waals surface area (Å²) in [5.74, 6) is -0.358. The molecule has 0 N–H and O–H groups in total. The van der Waals surface area contributed by atoms with Gasteiger partial charge in [0.25, 0.3) is 0 Å². The number of hydrogen-bond acceptors (Lipinski definition) is 3. The fourth-order valence-electron chi connectivity index (χ4n) is 1.77. The quantitative estimate of drug-likeness (QED) is 0.798. The summed E-state index contributed by atoms with van der Waals surface area (Å²) in [5, 5.41) is 0.962. The zero-order valence-electron chi connectivity index (χ0n) is 10.3. The number of fused-ring (bicyclic) bond motifs is 1. The van der Waals surface area contributed by atoms with Crippen LogP contribution in [-0.4, -0.2) is 25.7 Å². The van der Waals surface area contributed by atoms with Crippen molar-refractivity contribution in [2.24, 2.45) is 0 Å². The van der Waals surface area contributed by atoms with E-state index in [-0.39, 0.29) is 5.78 Å². The van der Waals surface area contributed by atoms with Crippen LogP contribution in [0, 0.1) is 0 Å². The summed E-state index contributed by atoms with van der Waals surface area (Å²) in [5.41, 5.74) is 0.437. The van der Waals surface area contributed by atoms with Crippen molar-refractivity contribution in [3.05, 3.63) is 48.0 Å². The first-order valence-corrected chi connectivity index (χ1v) is 7.57. The van der Waals surface area contributed by atoms with Gasteiger partial charge >= 0.3 is 0 Å². The molecule has 2 aromatic rings. The van der Waals surface area contributed by atoms with Crippen molar-refractivity contribution in [1.29, 1.82) is 0 Å². The van der Waals surface area contributed by atoms with Gasteiger partial charge in [0.2, 0.25) is 0 Å². The van der Waals surface area contributed by atoms with Gasteiger partial charge in [-0.15, -0.1) is 0 Å². The van der Waals surface area contributed by atoms with Gasteiger partial charge in [0.05, 0.1) is 0 Å². The maximum Gasteiger partial charge on any atom is 0.180 e. The Morgan fingerprint density at radius 2 is 1.67 bits per heavy atom. The molecule has 0 aromatic heterocycles. The van der Waals surface area contributed by atoms with Gasteiger partial charge < -0.3 is 0 Å². The third-order valence-corrected chi connectivity index (χ3v) is 4.54. The fraction of sp³-hybridized carbons (Fsp3) is 0.214. The average molecular weight is 262 g/mol. The summed E-state index contributed by atoms with van der Waals surface area (Å²) >= 11 is 0. The van der Waals surface area contributed by atoms with E-state index in [0.29, 0.717) is 5.56 Å². The first kappa shape index (κ1) is 12.8. The van der Waals surface area contributed by atoms with Crippen molar-refractivity contribution in [1.82, 2.24) is 0 Å². The van der Waals surface area contributed by atoms with E-state index in [0.717, 1.165) is 17.0 Å². The monoisotopic (exact) mass is 262 g/mol. The van der Waals surface area contributed by atoms with Crippen LogP contribution in [-0.2, 0) is 9.84 Å². The van der Waals surface area contributed by atoms with Gasteiger partial charge in [-0.2, -0.15) is 0 Å². The number of sulfone groups is 1. The summed E-state index contributed by atoms with van der Waals surface area (Å²) in [6.07, 6.45) is 1.08. The number of Topliss-reactive ketones (excluding diaryl/α,β-unsaturated/α-hetero) is 1. The van der Waals surface area contributed by atoms with Crippen molar-refractivity contribution in [2.45, 2.75) is 12.2 Å². The molecule has 18 heavy (non-hydrogen) atoms. The fourth-order valence-corrected chi connectivity index (χ4v) is 2.30. The SMILES string of the molecule is CC(C(=O)c1ccc2ccccc2c1)S(C)(=O)=O. The molecule has 0 spiro atoms. The number of hydrogen-bond donors (Lipinski definition) is 0. The van der Waals surface area contributed by atoms with E-state index in [1.165, 1.54) is 6.92 Å². The molecule has 0 saturated heterocycles. The number of benzene rings is 2. The summed E-state index contributed by atoms with van der Waals surface area (Å²) in [4.78, 5) is 12.1. The molecule has 2 rings (SSSR count). The highest BCUT2D eigenvalue weighted by molar-refractivity contribution is 7.92. The third-order valence-electron chi connectivity index (χ3n) is 3.05. The number of rotatable bonds is 3. The molecule has 0 aliphatic rings. The Morgan fingerprint density at radius 3 is 2.28 bits per heavy atom. The van der Waals surface area contributed by atoms with Crippen LogP contribution >= 0.6 is 0 Å². The van der Waals surface area contributed by atoms with Crippen molar-refractivity contribution in [2.75, 3.05) is 6.26 Å². The zero-order valence-corrected chi connectivity index (χ0v) is 11.1. The summed E-state index contributed by atoms with van der Waals surface area (Å²) in [6.45, 7) is 1.42. The normalized spacial score (nSPS) is 13.4. The van der Waals surface area contributed by atoms with Crippen LogP contribution in [0.3, 0.4) is 0 Å². The molecular formula is C14H14O3S. The van der Waals surface area contributed by atoms with Crippen LogP contribution in [0.4, 0.5) is 0 Å². The van der Waals surface area contributed by atoms with E-state index in [9.17, 15) is 13.2 Å². The Hall–Kier alpha value is -1.68. The van der Waals surface area contributed by atoms with Gasteiger partial charge in [-0.05, 0) is 23.8 Å². The molecule has 4 heteroatoms. The van der Waals surface area contributed by atoms with Crippen LogP contribution in [0.5, 0.6) is 0 Å². The maximum absolute atomic E-state index is 12.1. The van der Waals surface area contributed by atoms with Gasteiger partial charge in [-0.1, -0.05) is 36.4 Å². The third kappa shape index (κ3) is 2.43. The lowest BCUT2D eigenvalue weighted by Gasteiger charge is -2.09. The molecule has 1 atom stereocenters. The van der Waals surface area contributed by atoms with Gasteiger partial charge in [0.15, 0.2) is 15.6 Å². The molecule has 0 radical (unpaired) electrons. The molecule has 0 amide bonds. The molecule has 1 unspecified atom stereocenters. The number of carbonyl (C=O) groups is 1. The van der Waals surface area contributed by atoms with Gasteiger partial charge in [-0.3, -0.25) is 4.79 Å². The zero-order chi connectivity index (χ0) is 13.3. The van der Waals surface area contributed by atoms with E-state index in [4.69, 9.17) is 0 Å². The molecule has 0 aliphatic heterocycles. The van der Waals surface area contributed by atoms with Crippen LogP contribution in [0.2, 0.25) is 0 Å². The molecule has 0 saturated carbocycles. The summed E-state index contributed by atoms with van der Waals surface area (Å²) < 4.78 is 22.8. The van der Waals surface area contributed by atoms with E-state index in [1.807, 2.05) is 30.3 Å². The van der Waals surface area contributed by atoms with E-state index in [1.54, 1.807) is 12.1 Å². The smallest absolute Gasteiger partial charge is 0.180 e. The number of carbonyl (C=O) groups excluding carboxylic acids is 1. The van der Waals surface area contributed by atoms with E-state index >= 15 is 0 Å². The Labute approximate surface area is 106 Å². The topological polar surface area (TPSA) is 51.2 Å². The Kier molecular flexibility index (Phi) is 3.22. The molecule has 0 aliphatic carbocycles. The van der Waals surface area contributed by atoms with Crippen molar-refractivity contribution in [3.63, 3.8) is 0 Å². The van der Waals surface area contributed by atoms with Gasteiger partial charge in [-0.25, -0.2) is 8.42 Å². The summed E-state index contributed by atoms with van der Waals surface area (Å²) in [7, 11) is -3.35. The first-order valence-electron chi connectivity index (χ1n) is 5.61. The predicted octanol–water partition coefficient (Wildman–Crippen LogP) is 2.46. The predicted molar refractivity (Wildman–Crippen MR) is 72.6 cm³/mol. The number of ketones is 1. The first-order chi connectivity index (χ1) is 8.39. The minimum Gasteiger partial charge on any atom is -0.293 e. The van der Waals surface area contributed by atoms with Crippen molar-refractivity contribution >= 4 is 26.4 Å². The standard InChI is InChI=1S/C14H14O3S/c1-10(18(2,16)17)14(15)13-8-7-11-5-3-4-6-12(11)9-13/h3-10H,1-2H3. The molecule has 0 heterocycles. The molecule has 3 nitrogen and oxygen atoms in total. The minimum absolute atomic E-state index is 0.358. The second kappa shape index (κ2) is 4.53. The highest BCUT2D eigenvalue weighted by Gasteiger charge is 2.24. The summed E-state index contributed by atoms with van der Waals surface area (Å²) in [6, 6.07) is 12.9. The van der Waals surface area contributed by atoms with Gasteiger partial charge in [0, 0.05) is 11.8 Å². The average Bonchev–Trinajstić information content (AvgIpc) is 2.35. The maximum atomic E-state index is 12.1. The molecular weight excluding hydrogens is 248 g/mol. The molecule has 0 bridgehead atoms. The van der Waals surface area contributed by atoms with Crippen LogP contribution in [0.25, 0.3) is 10.8 Å². The lowest BCUT2D eigenvalue weighted by atomic mass is 10.0. The second-order valence-corrected chi connectivity index (χ2v) is 6.76. The lowest BCUT2D eigenvalue weighted by molar-refractivity contribution is 0.0992. The minimum atomic E-state index is -3.35. The van der Waals surface area contributed by atoms with Crippen LogP contribution in [0.15, 0.2) is 42.5 Å².